The molecule has 36 heavy (non-hydrogen) atoms. The Morgan fingerprint density at radius 2 is 2.06 bits per heavy atom. The zero-order valence-corrected chi connectivity index (χ0v) is 21.2. The van der Waals surface area contributed by atoms with Gasteiger partial charge in [-0.1, -0.05) is 0 Å². The average molecular weight is 525 g/mol. The second kappa shape index (κ2) is 9.44. The number of thiophene rings is 1. The fourth-order valence-electron chi connectivity index (χ4n) is 4.75. The van der Waals surface area contributed by atoms with Gasteiger partial charge in [-0.25, -0.2) is 9.97 Å². The fourth-order valence-corrected chi connectivity index (χ4v) is 5.97. The molecule has 186 valence electrons. The van der Waals surface area contributed by atoms with Gasteiger partial charge in [0.15, 0.2) is 0 Å². The molecule has 6 rings (SSSR count). The first kappa shape index (κ1) is 23.4. The summed E-state index contributed by atoms with van der Waals surface area (Å²) >= 11 is 7.57. The Labute approximate surface area is 216 Å². The summed E-state index contributed by atoms with van der Waals surface area (Å²) in [5, 5.41) is 18.3. The number of piperidine rings is 1. The number of amides is 1. The maximum atomic E-state index is 12.7. The van der Waals surface area contributed by atoms with Gasteiger partial charge in [0.25, 0.3) is 5.91 Å². The van der Waals surface area contributed by atoms with Crippen LogP contribution in [0.25, 0.3) is 21.0 Å². The minimum atomic E-state index is -0.238. The quantitative estimate of drug-likeness (QED) is 0.341. The maximum absolute atomic E-state index is 12.7. The number of fused-ring (bicyclic) bond motifs is 5. The van der Waals surface area contributed by atoms with E-state index in [1.807, 2.05) is 31.2 Å². The first-order chi connectivity index (χ1) is 17.4. The standard InChI is InChI=1S/C25H25ClN6O3S/c1-13-10-27-21-20-16-2-5-19(30-17(16)3-4-18(20)36-22(21)23(34)29-13)35-24-14(11-28-25(26)31-24)12-32-8-6-15(33)7-9-32/h2-5,11,13,15,27,33H,6-10,12H2,1H3,(H,29,34)/t13-/m0/s1. The molecular formula is C25H25ClN6O3S. The summed E-state index contributed by atoms with van der Waals surface area (Å²) < 4.78 is 7.14. The van der Waals surface area contributed by atoms with E-state index >= 15 is 0 Å². The summed E-state index contributed by atoms with van der Waals surface area (Å²) in [7, 11) is 0. The Bertz CT molecular complexity index is 1470. The van der Waals surface area contributed by atoms with Crippen LogP contribution < -0.4 is 15.4 Å². The third-order valence-corrected chi connectivity index (χ3v) is 7.95. The van der Waals surface area contributed by atoms with Crippen molar-refractivity contribution in [1.29, 1.82) is 0 Å². The molecule has 1 fully saturated rings. The number of aliphatic hydroxyl groups is 1. The third kappa shape index (κ3) is 4.45. The van der Waals surface area contributed by atoms with Gasteiger partial charge in [-0.3, -0.25) is 9.69 Å². The molecule has 4 aromatic rings. The van der Waals surface area contributed by atoms with Gasteiger partial charge in [-0.05, 0) is 49.6 Å². The first-order valence-corrected chi connectivity index (χ1v) is 13.1. The SMILES string of the molecule is C[C@H]1CNc2c(sc3ccc4nc(Oc5nc(Cl)ncc5CN5CCC(O)CC5)ccc4c23)C(=O)N1. The van der Waals surface area contributed by atoms with E-state index in [0.717, 1.165) is 58.2 Å². The third-order valence-electron chi connectivity index (χ3n) is 6.61. The summed E-state index contributed by atoms with van der Waals surface area (Å²) in [6.07, 6.45) is 2.93. The largest absolute Gasteiger partial charge is 0.420 e. The molecule has 2 aliphatic rings. The van der Waals surface area contributed by atoms with Crippen LogP contribution in [0.4, 0.5) is 5.69 Å². The number of nitrogens with one attached hydrogen (secondary N) is 2. The highest BCUT2D eigenvalue weighted by atomic mass is 35.5. The van der Waals surface area contributed by atoms with Crippen molar-refractivity contribution in [2.75, 3.05) is 25.0 Å². The minimum Gasteiger partial charge on any atom is -0.420 e. The molecule has 9 nitrogen and oxygen atoms in total. The van der Waals surface area contributed by atoms with E-state index in [1.54, 1.807) is 6.20 Å². The predicted molar refractivity (Wildman–Crippen MR) is 140 cm³/mol. The highest BCUT2D eigenvalue weighted by Gasteiger charge is 2.25. The number of anilines is 1. The van der Waals surface area contributed by atoms with Gasteiger partial charge >= 0.3 is 0 Å². The number of likely N-dealkylation sites (tertiary alicyclic amines) is 1. The number of hydrogen-bond donors (Lipinski definition) is 3. The first-order valence-electron chi connectivity index (χ1n) is 12.0. The molecule has 0 unspecified atom stereocenters. The van der Waals surface area contributed by atoms with E-state index in [1.165, 1.54) is 11.3 Å². The number of carbonyl (C=O) groups excluding carboxylic acids is 1. The van der Waals surface area contributed by atoms with Gasteiger partial charge in [-0.15, -0.1) is 11.3 Å². The number of ether oxygens (including phenoxy) is 1. The molecule has 0 bridgehead atoms. The second-order valence-corrected chi connectivity index (χ2v) is 10.7. The molecule has 0 saturated carbocycles. The number of halogens is 1. The molecule has 11 heteroatoms. The number of nitrogens with zero attached hydrogens (tertiary/aromatic N) is 4. The van der Waals surface area contributed by atoms with E-state index in [2.05, 4.69) is 25.5 Å². The van der Waals surface area contributed by atoms with Gasteiger partial charge in [0, 0.05) is 65.5 Å². The molecule has 5 heterocycles. The summed E-state index contributed by atoms with van der Waals surface area (Å²) in [6, 6.07) is 7.75. The molecule has 1 saturated heterocycles. The van der Waals surface area contributed by atoms with Crippen LogP contribution in [0.3, 0.4) is 0 Å². The summed E-state index contributed by atoms with van der Waals surface area (Å²) in [5.74, 6) is 0.708. The van der Waals surface area contributed by atoms with E-state index in [0.29, 0.717) is 29.7 Å². The van der Waals surface area contributed by atoms with Crippen molar-refractivity contribution < 1.29 is 14.6 Å². The fraction of sp³-hybridized carbons (Fsp3) is 0.360. The summed E-state index contributed by atoms with van der Waals surface area (Å²) in [6.45, 7) is 4.82. The molecule has 0 radical (unpaired) electrons. The number of carbonyl (C=O) groups is 1. The lowest BCUT2D eigenvalue weighted by Gasteiger charge is -2.29. The van der Waals surface area contributed by atoms with Crippen LogP contribution in [0.5, 0.6) is 11.8 Å². The Morgan fingerprint density at radius 1 is 1.22 bits per heavy atom. The molecule has 2 aliphatic heterocycles. The lowest BCUT2D eigenvalue weighted by Crippen LogP contribution is -2.35. The number of hydrogen-bond acceptors (Lipinski definition) is 9. The van der Waals surface area contributed by atoms with Gasteiger partial charge in [0.1, 0.15) is 4.88 Å². The number of aliphatic hydroxyl groups excluding tert-OH is 1. The van der Waals surface area contributed by atoms with Gasteiger partial charge in [0.05, 0.1) is 17.3 Å². The van der Waals surface area contributed by atoms with Gasteiger partial charge < -0.3 is 20.5 Å². The van der Waals surface area contributed by atoms with Crippen molar-refractivity contribution in [3.05, 3.63) is 46.2 Å². The van der Waals surface area contributed by atoms with Gasteiger partial charge in [0.2, 0.25) is 17.0 Å². The minimum absolute atomic E-state index is 0.0455. The van der Waals surface area contributed by atoms with Crippen LogP contribution in [0.15, 0.2) is 30.5 Å². The molecule has 1 amide bonds. The van der Waals surface area contributed by atoms with Crippen molar-refractivity contribution in [3.63, 3.8) is 0 Å². The smallest absolute Gasteiger partial charge is 0.263 e. The monoisotopic (exact) mass is 524 g/mol. The van der Waals surface area contributed by atoms with Gasteiger partial charge in [-0.2, -0.15) is 4.98 Å². The van der Waals surface area contributed by atoms with E-state index in [4.69, 9.17) is 21.3 Å². The van der Waals surface area contributed by atoms with E-state index in [-0.39, 0.29) is 23.3 Å². The number of aromatic nitrogens is 3. The zero-order chi connectivity index (χ0) is 24.8. The Hall–Kier alpha value is -3.05. The highest BCUT2D eigenvalue weighted by Crippen LogP contribution is 2.41. The van der Waals surface area contributed by atoms with Crippen LogP contribution >= 0.6 is 22.9 Å². The zero-order valence-electron chi connectivity index (χ0n) is 19.6. The van der Waals surface area contributed by atoms with Crippen molar-refractivity contribution in [3.8, 4) is 11.8 Å². The molecule has 0 spiro atoms. The van der Waals surface area contributed by atoms with Crippen LogP contribution in [0.2, 0.25) is 5.28 Å². The number of benzene rings is 1. The van der Waals surface area contributed by atoms with Crippen LogP contribution in [0, 0.1) is 0 Å². The molecular weight excluding hydrogens is 500 g/mol. The average Bonchev–Trinajstić information content (AvgIpc) is 3.18. The Kier molecular flexibility index (Phi) is 6.12. The lowest BCUT2D eigenvalue weighted by molar-refractivity contribution is 0.0788. The maximum Gasteiger partial charge on any atom is 0.263 e. The van der Waals surface area contributed by atoms with Crippen molar-refractivity contribution in [1.82, 2.24) is 25.2 Å². The van der Waals surface area contributed by atoms with Crippen LogP contribution in [0.1, 0.15) is 35.0 Å². The number of rotatable bonds is 4. The Balaban J connectivity index is 1.33. The Morgan fingerprint density at radius 3 is 2.89 bits per heavy atom. The topological polar surface area (TPSA) is 112 Å². The molecule has 3 N–H and O–H groups in total. The van der Waals surface area contributed by atoms with Crippen molar-refractivity contribution >= 4 is 55.5 Å². The molecule has 1 atom stereocenters. The lowest BCUT2D eigenvalue weighted by atomic mass is 10.1. The second-order valence-electron chi connectivity index (χ2n) is 9.30. The molecule has 0 aliphatic carbocycles. The van der Waals surface area contributed by atoms with Crippen LogP contribution in [-0.4, -0.2) is 62.6 Å². The van der Waals surface area contributed by atoms with Crippen molar-refractivity contribution in [2.45, 2.75) is 38.5 Å². The van der Waals surface area contributed by atoms with E-state index in [9.17, 15) is 9.90 Å². The highest BCUT2D eigenvalue weighted by molar-refractivity contribution is 7.21. The number of pyridine rings is 1. The summed E-state index contributed by atoms with van der Waals surface area (Å²) in [4.78, 5) is 28.8. The normalized spacial score (nSPS) is 19.1. The predicted octanol–water partition coefficient (Wildman–Crippen LogP) is 4.19. The molecule has 3 aromatic heterocycles. The van der Waals surface area contributed by atoms with Crippen LogP contribution in [-0.2, 0) is 6.54 Å². The molecule has 1 aromatic carbocycles. The van der Waals surface area contributed by atoms with E-state index < -0.39 is 0 Å². The van der Waals surface area contributed by atoms with Crippen molar-refractivity contribution in [2.24, 2.45) is 0 Å². The summed E-state index contributed by atoms with van der Waals surface area (Å²) in [5.41, 5.74) is 2.42.